The highest BCUT2D eigenvalue weighted by molar-refractivity contribution is 7.13. The highest BCUT2D eigenvalue weighted by atomic mass is 35.5. The van der Waals surface area contributed by atoms with Crippen LogP contribution >= 0.6 is 23.7 Å². The first-order chi connectivity index (χ1) is 6.13. The minimum absolute atomic E-state index is 0. The first-order valence-electron chi connectivity index (χ1n) is 3.66. The van der Waals surface area contributed by atoms with Crippen LogP contribution in [0.15, 0.2) is 5.38 Å². The molecule has 0 spiro atoms. The van der Waals surface area contributed by atoms with Crippen molar-refractivity contribution in [2.24, 2.45) is 5.73 Å². The Labute approximate surface area is 91.9 Å². The number of nitrogens with two attached hydrogens (primary N) is 2. The number of carbonyl (C=O) groups excluding carboxylic acids is 1. The van der Waals surface area contributed by atoms with Gasteiger partial charge in [0.2, 0.25) is 0 Å². The number of carbonyl (C=O) groups is 1. The fourth-order valence-electron chi connectivity index (χ4n) is 0.876. The van der Waals surface area contributed by atoms with E-state index in [9.17, 15) is 4.79 Å². The number of nitrogens with zero attached hydrogens (tertiary/aromatic N) is 1. The van der Waals surface area contributed by atoms with Gasteiger partial charge < -0.3 is 16.2 Å². The summed E-state index contributed by atoms with van der Waals surface area (Å²) in [5.41, 5.74) is 11.7. The van der Waals surface area contributed by atoms with Crippen LogP contribution in [-0.2, 0) is 16.0 Å². The quantitative estimate of drug-likeness (QED) is 0.733. The topological polar surface area (TPSA) is 91.2 Å². The fraction of sp³-hybridized carbons (Fsp3) is 0.429. The van der Waals surface area contributed by atoms with Gasteiger partial charge in [-0.15, -0.1) is 23.7 Å². The number of thiazole rings is 1. The predicted molar refractivity (Wildman–Crippen MR) is 57.5 cm³/mol. The van der Waals surface area contributed by atoms with Gasteiger partial charge in [0.1, 0.15) is 6.04 Å². The molecule has 0 saturated carbocycles. The van der Waals surface area contributed by atoms with Crippen LogP contribution in [0.1, 0.15) is 5.69 Å². The predicted octanol–water partition coefficient (Wildman–Crippen LogP) is 0.190. The fourth-order valence-corrected chi connectivity index (χ4v) is 1.45. The summed E-state index contributed by atoms with van der Waals surface area (Å²) in [5, 5.41) is 2.25. The van der Waals surface area contributed by atoms with Crippen molar-refractivity contribution in [1.29, 1.82) is 0 Å². The molecule has 0 unspecified atom stereocenters. The number of halogens is 1. The molecule has 14 heavy (non-hydrogen) atoms. The van der Waals surface area contributed by atoms with E-state index in [4.69, 9.17) is 11.5 Å². The summed E-state index contributed by atoms with van der Waals surface area (Å²) in [6, 6.07) is -0.661. The van der Waals surface area contributed by atoms with Crippen molar-refractivity contribution >= 4 is 34.8 Å². The Morgan fingerprint density at radius 1 is 1.79 bits per heavy atom. The van der Waals surface area contributed by atoms with Crippen LogP contribution in [0.5, 0.6) is 0 Å². The van der Waals surface area contributed by atoms with Crippen LogP contribution in [0, 0.1) is 0 Å². The zero-order valence-corrected chi connectivity index (χ0v) is 9.23. The molecule has 7 heteroatoms. The van der Waals surface area contributed by atoms with Crippen molar-refractivity contribution in [2.75, 3.05) is 12.8 Å². The van der Waals surface area contributed by atoms with Gasteiger partial charge in [0, 0.05) is 11.8 Å². The molecule has 0 fully saturated rings. The van der Waals surface area contributed by atoms with Crippen LogP contribution in [0.3, 0.4) is 0 Å². The highest BCUT2D eigenvalue weighted by Crippen LogP contribution is 2.12. The first kappa shape index (κ1) is 13.2. The molecule has 5 nitrogen and oxygen atoms in total. The van der Waals surface area contributed by atoms with E-state index in [1.165, 1.54) is 18.4 Å². The van der Waals surface area contributed by atoms with E-state index in [-0.39, 0.29) is 12.4 Å². The van der Waals surface area contributed by atoms with Gasteiger partial charge in [-0.25, -0.2) is 4.98 Å². The van der Waals surface area contributed by atoms with Crippen molar-refractivity contribution in [2.45, 2.75) is 12.5 Å². The molecule has 1 rings (SSSR count). The molecule has 0 aromatic carbocycles. The number of aromatic nitrogens is 1. The Hall–Kier alpha value is -0.850. The number of nitrogen functional groups attached to an aromatic ring is 1. The van der Waals surface area contributed by atoms with Crippen LogP contribution in [0.2, 0.25) is 0 Å². The van der Waals surface area contributed by atoms with Gasteiger partial charge in [-0.1, -0.05) is 0 Å². The molecule has 80 valence electrons. The van der Waals surface area contributed by atoms with E-state index < -0.39 is 12.0 Å². The van der Waals surface area contributed by atoms with Gasteiger partial charge in [-0.2, -0.15) is 0 Å². The average molecular weight is 238 g/mol. The van der Waals surface area contributed by atoms with Gasteiger partial charge >= 0.3 is 5.97 Å². The van der Waals surface area contributed by atoms with E-state index >= 15 is 0 Å². The molecule has 0 bridgehead atoms. The summed E-state index contributed by atoms with van der Waals surface area (Å²) in [6.07, 6.45) is 0.361. The molecule has 1 aromatic heterocycles. The molecule has 1 atom stereocenters. The number of anilines is 1. The van der Waals surface area contributed by atoms with Gasteiger partial charge in [-0.05, 0) is 0 Å². The normalized spacial score (nSPS) is 11.6. The zero-order chi connectivity index (χ0) is 9.84. The standard InChI is InChI=1S/C7H11N3O2S.ClH/c1-12-6(11)5(8)2-4-3-13-7(9)10-4;/h3,5H,2,8H2,1H3,(H2,9,10);1H/t5-;/m0./s1. The van der Waals surface area contributed by atoms with E-state index in [1.807, 2.05) is 0 Å². The lowest BCUT2D eigenvalue weighted by Gasteiger charge is -2.05. The minimum Gasteiger partial charge on any atom is -0.468 e. The second-order valence-corrected chi connectivity index (χ2v) is 3.40. The Morgan fingerprint density at radius 2 is 2.43 bits per heavy atom. The van der Waals surface area contributed by atoms with Crippen molar-refractivity contribution < 1.29 is 9.53 Å². The third-order valence-electron chi connectivity index (χ3n) is 1.50. The van der Waals surface area contributed by atoms with Crippen molar-refractivity contribution in [3.8, 4) is 0 Å². The van der Waals surface area contributed by atoms with Crippen molar-refractivity contribution in [3.63, 3.8) is 0 Å². The van der Waals surface area contributed by atoms with Gasteiger partial charge in [-0.3, -0.25) is 4.79 Å². The Balaban J connectivity index is 0.00000169. The van der Waals surface area contributed by atoms with Crippen LogP contribution in [-0.4, -0.2) is 24.1 Å². The molecule has 4 N–H and O–H groups in total. The first-order valence-corrected chi connectivity index (χ1v) is 4.54. The number of hydrogen-bond acceptors (Lipinski definition) is 6. The molecule has 0 aliphatic heterocycles. The lowest BCUT2D eigenvalue weighted by Crippen LogP contribution is -2.33. The lowest BCUT2D eigenvalue weighted by molar-refractivity contribution is -0.142. The monoisotopic (exact) mass is 237 g/mol. The van der Waals surface area contributed by atoms with Crippen LogP contribution in [0.4, 0.5) is 5.13 Å². The molecule has 1 heterocycles. The van der Waals surface area contributed by atoms with E-state index in [0.29, 0.717) is 11.6 Å². The Kier molecular flexibility index (Phi) is 5.44. The molecule has 0 aliphatic rings. The summed E-state index contributed by atoms with van der Waals surface area (Å²) in [4.78, 5) is 14.9. The van der Waals surface area contributed by atoms with Crippen LogP contribution in [0.25, 0.3) is 0 Å². The molecular formula is C7H12ClN3O2S. The number of methoxy groups -OCH3 is 1. The van der Waals surface area contributed by atoms with Gasteiger partial charge in [0.05, 0.1) is 12.8 Å². The maximum Gasteiger partial charge on any atom is 0.323 e. The smallest absolute Gasteiger partial charge is 0.323 e. The Morgan fingerprint density at radius 3 is 2.86 bits per heavy atom. The molecule has 1 aromatic rings. The molecule has 0 amide bonds. The third-order valence-corrected chi connectivity index (χ3v) is 2.23. The second-order valence-electron chi connectivity index (χ2n) is 2.51. The molecule has 0 saturated heterocycles. The summed E-state index contributed by atoms with van der Waals surface area (Å²) >= 11 is 1.32. The number of rotatable bonds is 3. The average Bonchev–Trinajstić information content (AvgIpc) is 2.49. The van der Waals surface area contributed by atoms with E-state index in [2.05, 4.69) is 9.72 Å². The second kappa shape index (κ2) is 5.79. The lowest BCUT2D eigenvalue weighted by atomic mass is 10.2. The number of hydrogen-bond donors (Lipinski definition) is 2. The molecule has 0 radical (unpaired) electrons. The zero-order valence-electron chi connectivity index (χ0n) is 7.60. The number of esters is 1. The van der Waals surface area contributed by atoms with E-state index in [1.54, 1.807) is 5.38 Å². The summed E-state index contributed by atoms with van der Waals surface area (Å²) in [6.45, 7) is 0. The summed E-state index contributed by atoms with van der Waals surface area (Å²) in [5.74, 6) is -0.438. The van der Waals surface area contributed by atoms with Crippen molar-refractivity contribution in [1.82, 2.24) is 4.98 Å². The van der Waals surface area contributed by atoms with Crippen LogP contribution < -0.4 is 11.5 Å². The Bertz CT molecular complexity index is 305. The molecular weight excluding hydrogens is 226 g/mol. The SMILES string of the molecule is COC(=O)[C@@H](N)Cc1csc(N)n1.Cl. The molecule has 0 aliphatic carbocycles. The number of ether oxygens (including phenoxy) is 1. The summed E-state index contributed by atoms with van der Waals surface area (Å²) < 4.78 is 4.47. The minimum atomic E-state index is -0.661. The van der Waals surface area contributed by atoms with E-state index in [0.717, 1.165) is 5.69 Å². The maximum absolute atomic E-state index is 10.9. The third kappa shape index (κ3) is 3.49. The van der Waals surface area contributed by atoms with Gasteiger partial charge in [0.15, 0.2) is 5.13 Å². The van der Waals surface area contributed by atoms with Gasteiger partial charge in [0.25, 0.3) is 0 Å². The maximum atomic E-state index is 10.9. The van der Waals surface area contributed by atoms with Crippen molar-refractivity contribution in [3.05, 3.63) is 11.1 Å². The highest BCUT2D eigenvalue weighted by Gasteiger charge is 2.15. The largest absolute Gasteiger partial charge is 0.468 e. The summed E-state index contributed by atoms with van der Waals surface area (Å²) in [7, 11) is 1.30.